The molecule has 0 saturated heterocycles. The molecule has 0 saturated carbocycles. The minimum absolute atomic E-state index is 0.177. The summed E-state index contributed by atoms with van der Waals surface area (Å²) in [5.74, 6) is 0. The first kappa shape index (κ1) is 10.2. The Morgan fingerprint density at radius 1 is 1.24 bits per heavy atom. The van der Waals surface area contributed by atoms with Gasteiger partial charge in [0.2, 0.25) is 0 Å². The molecule has 2 heterocycles. The van der Waals surface area contributed by atoms with Crippen molar-refractivity contribution in [2.24, 2.45) is 5.14 Å². The number of hydrogen-bond acceptors (Lipinski definition) is 4. The molecule has 3 rings (SSSR count). The van der Waals surface area contributed by atoms with Crippen LogP contribution in [0.25, 0.3) is 21.9 Å². The van der Waals surface area contributed by atoms with Gasteiger partial charge in [-0.2, -0.15) is 0 Å². The molecule has 0 atom stereocenters. The smallest absolute Gasteiger partial charge is 0.257 e. The minimum Gasteiger partial charge on any atom is -0.342 e. The summed E-state index contributed by atoms with van der Waals surface area (Å²) in [7, 11) is -3.87. The Morgan fingerprint density at radius 2 is 2.00 bits per heavy atom. The molecule has 86 valence electrons. The van der Waals surface area contributed by atoms with Gasteiger partial charge in [-0.15, -0.1) is 0 Å². The van der Waals surface area contributed by atoms with Crippen LogP contribution in [0.2, 0.25) is 0 Å². The fourth-order valence-corrected chi connectivity index (χ4v) is 2.47. The van der Waals surface area contributed by atoms with Gasteiger partial charge in [0.15, 0.2) is 5.03 Å². The van der Waals surface area contributed by atoms with Crippen LogP contribution in [0.15, 0.2) is 35.6 Å². The number of rotatable bonds is 1. The van der Waals surface area contributed by atoms with Crippen molar-refractivity contribution in [3.8, 4) is 0 Å². The number of imidazole rings is 1. The van der Waals surface area contributed by atoms with Gasteiger partial charge in [-0.3, -0.25) is 0 Å². The number of fused-ring (bicyclic) bond motifs is 3. The Kier molecular flexibility index (Phi) is 1.95. The second kappa shape index (κ2) is 3.25. The topological polar surface area (TPSA) is 102 Å². The number of H-pyrrole nitrogens is 1. The second-order valence-electron chi connectivity index (χ2n) is 3.61. The molecule has 0 aliphatic carbocycles. The predicted octanol–water partition coefficient (Wildman–Crippen LogP) is 0.758. The van der Waals surface area contributed by atoms with E-state index in [9.17, 15) is 8.42 Å². The standard InChI is InChI=1S/C10H8N4O2S/c11-17(15,16)10-9-8(12-5-13-9)6-3-1-2-4-7(6)14-10/h1-5H,(H,12,13)(H2,11,15,16). The summed E-state index contributed by atoms with van der Waals surface area (Å²) < 4.78 is 22.9. The Labute approximate surface area is 96.5 Å². The number of benzene rings is 1. The molecular weight excluding hydrogens is 240 g/mol. The maximum Gasteiger partial charge on any atom is 0.257 e. The Bertz CT molecular complexity index is 823. The molecule has 17 heavy (non-hydrogen) atoms. The van der Waals surface area contributed by atoms with Crippen molar-refractivity contribution < 1.29 is 8.42 Å². The molecule has 2 aromatic heterocycles. The molecule has 0 amide bonds. The first-order chi connectivity index (χ1) is 8.07. The van der Waals surface area contributed by atoms with Gasteiger partial charge in [-0.05, 0) is 6.07 Å². The van der Waals surface area contributed by atoms with E-state index >= 15 is 0 Å². The van der Waals surface area contributed by atoms with Crippen molar-refractivity contribution in [1.29, 1.82) is 0 Å². The van der Waals surface area contributed by atoms with Crippen LogP contribution in [0.1, 0.15) is 0 Å². The molecule has 1 aromatic carbocycles. The summed E-state index contributed by atoms with van der Waals surface area (Å²) in [6.07, 6.45) is 1.42. The van der Waals surface area contributed by atoms with Crippen molar-refractivity contribution in [3.05, 3.63) is 30.6 Å². The molecule has 0 aliphatic rings. The van der Waals surface area contributed by atoms with E-state index in [-0.39, 0.29) is 5.03 Å². The van der Waals surface area contributed by atoms with Crippen LogP contribution in [0.5, 0.6) is 0 Å². The van der Waals surface area contributed by atoms with E-state index < -0.39 is 10.0 Å². The van der Waals surface area contributed by atoms with Gasteiger partial charge in [0.05, 0.1) is 11.8 Å². The van der Waals surface area contributed by atoms with Crippen LogP contribution in [0.3, 0.4) is 0 Å². The molecule has 3 N–H and O–H groups in total. The number of aromatic nitrogens is 3. The van der Waals surface area contributed by atoms with Crippen LogP contribution in [0, 0.1) is 0 Å². The Hall–Kier alpha value is -1.99. The monoisotopic (exact) mass is 248 g/mol. The van der Waals surface area contributed by atoms with E-state index in [2.05, 4.69) is 15.0 Å². The minimum atomic E-state index is -3.87. The molecule has 0 aliphatic heterocycles. The average molecular weight is 248 g/mol. The van der Waals surface area contributed by atoms with Crippen LogP contribution < -0.4 is 5.14 Å². The number of nitrogens with one attached hydrogen (secondary N) is 1. The third-order valence-corrected chi connectivity index (χ3v) is 3.34. The van der Waals surface area contributed by atoms with Crippen LogP contribution in [0.4, 0.5) is 0 Å². The lowest BCUT2D eigenvalue weighted by molar-refractivity contribution is 0.595. The van der Waals surface area contributed by atoms with E-state index in [0.29, 0.717) is 16.6 Å². The normalized spacial score (nSPS) is 12.3. The van der Waals surface area contributed by atoms with E-state index in [4.69, 9.17) is 5.14 Å². The van der Waals surface area contributed by atoms with Crippen molar-refractivity contribution in [3.63, 3.8) is 0 Å². The highest BCUT2D eigenvalue weighted by Crippen LogP contribution is 2.25. The van der Waals surface area contributed by atoms with Crippen molar-refractivity contribution >= 4 is 32.0 Å². The lowest BCUT2D eigenvalue weighted by atomic mass is 10.2. The molecule has 0 bridgehead atoms. The summed E-state index contributed by atoms with van der Waals surface area (Å²) in [5, 5.41) is 5.75. The van der Waals surface area contributed by atoms with Crippen LogP contribution in [-0.4, -0.2) is 23.4 Å². The van der Waals surface area contributed by atoms with E-state index in [1.54, 1.807) is 12.1 Å². The highest BCUT2D eigenvalue weighted by atomic mass is 32.2. The van der Waals surface area contributed by atoms with E-state index in [1.165, 1.54) is 6.33 Å². The van der Waals surface area contributed by atoms with Gasteiger partial charge < -0.3 is 4.98 Å². The summed E-state index contributed by atoms with van der Waals surface area (Å²) in [6, 6.07) is 7.17. The number of hydrogen-bond donors (Lipinski definition) is 2. The average Bonchev–Trinajstić information content (AvgIpc) is 2.75. The van der Waals surface area contributed by atoms with Gasteiger partial charge in [0.25, 0.3) is 10.0 Å². The number of pyridine rings is 1. The first-order valence-corrected chi connectivity index (χ1v) is 6.36. The van der Waals surface area contributed by atoms with Crippen LogP contribution in [-0.2, 0) is 10.0 Å². The van der Waals surface area contributed by atoms with Crippen molar-refractivity contribution in [1.82, 2.24) is 15.0 Å². The maximum atomic E-state index is 11.5. The number of nitrogens with two attached hydrogens (primary N) is 1. The quantitative estimate of drug-likeness (QED) is 0.663. The number of aromatic amines is 1. The van der Waals surface area contributed by atoms with Gasteiger partial charge in [-0.25, -0.2) is 23.5 Å². The zero-order valence-electron chi connectivity index (χ0n) is 8.58. The molecule has 0 unspecified atom stereocenters. The molecule has 3 aromatic rings. The molecule has 0 radical (unpaired) electrons. The highest BCUT2D eigenvalue weighted by molar-refractivity contribution is 7.89. The van der Waals surface area contributed by atoms with E-state index in [1.807, 2.05) is 12.1 Å². The molecule has 6 nitrogen and oxygen atoms in total. The van der Waals surface area contributed by atoms with Crippen LogP contribution >= 0.6 is 0 Å². The second-order valence-corrected chi connectivity index (χ2v) is 5.08. The summed E-state index contributed by atoms with van der Waals surface area (Å²) in [4.78, 5) is 10.9. The van der Waals surface area contributed by atoms with Crippen molar-refractivity contribution in [2.45, 2.75) is 5.03 Å². The third kappa shape index (κ3) is 1.48. The fourth-order valence-electron chi connectivity index (χ4n) is 1.80. The van der Waals surface area contributed by atoms with Gasteiger partial charge in [0.1, 0.15) is 11.0 Å². The zero-order chi connectivity index (χ0) is 12.0. The van der Waals surface area contributed by atoms with Gasteiger partial charge in [0, 0.05) is 5.39 Å². The summed E-state index contributed by atoms with van der Waals surface area (Å²) >= 11 is 0. The fraction of sp³-hybridized carbons (Fsp3) is 0. The largest absolute Gasteiger partial charge is 0.342 e. The lowest BCUT2D eigenvalue weighted by Crippen LogP contribution is -2.14. The van der Waals surface area contributed by atoms with Gasteiger partial charge in [-0.1, -0.05) is 18.2 Å². The lowest BCUT2D eigenvalue weighted by Gasteiger charge is -2.02. The Balaban J connectivity index is 2.62. The molecule has 0 spiro atoms. The maximum absolute atomic E-state index is 11.5. The number of primary sulfonamides is 1. The summed E-state index contributed by atoms with van der Waals surface area (Å²) in [6.45, 7) is 0. The first-order valence-electron chi connectivity index (χ1n) is 4.82. The number of nitrogens with zero attached hydrogens (tertiary/aromatic N) is 2. The molecular formula is C10H8N4O2S. The number of sulfonamides is 1. The van der Waals surface area contributed by atoms with Crippen molar-refractivity contribution in [2.75, 3.05) is 0 Å². The van der Waals surface area contributed by atoms with E-state index in [0.717, 1.165) is 5.39 Å². The predicted molar refractivity (Wildman–Crippen MR) is 62.8 cm³/mol. The summed E-state index contributed by atoms with van der Waals surface area (Å²) in [5.41, 5.74) is 1.45. The number of para-hydroxylation sites is 1. The Morgan fingerprint density at radius 3 is 2.76 bits per heavy atom. The zero-order valence-corrected chi connectivity index (χ0v) is 9.40. The van der Waals surface area contributed by atoms with Gasteiger partial charge >= 0.3 is 0 Å². The third-order valence-electron chi connectivity index (χ3n) is 2.50. The molecule has 7 heteroatoms. The molecule has 0 fully saturated rings. The highest BCUT2D eigenvalue weighted by Gasteiger charge is 2.18. The SMILES string of the molecule is NS(=O)(=O)c1nc2ccccc2c2nc[nH]c12.